The molecule has 7 nitrogen and oxygen atoms in total. The fourth-order valence-electron chi connectivity index (χ4n) is 5.27. The van der Waals surface area contributed by atoms with Crippen molar-refractivity contribution in [2.24, 2.45) is 7.05 Å². The molecule has 0 saturated carbocycles. The lowest BCUT2D eigenvalue weighted by Gasteiger charge is -2.21. The highest BCUT2D eigenvalue weighted by atomic mass is 35.5. The fourth-order valence-corrected chi connectivity index (χ4v) is 6.26. The van der Waals surface area contributed by atoms with Crippen LogP contribution < -0.4 is 5.32 Å². The molecule has 1 aliphatic rings. The molecule has 10 heteroatoms. The second kappa shape index (κ2) is 11.6. The van der Waals surface area contributed by atoms with Gasteiger partial charge in [0.25, 0.3) is 0 Å². The SMILES string of the molecule is Cn1cc(C(=O)c2c(-c3c(Cl)cc(Cl)cc3Cl)noc2C2CCNCC2)c2cccc(/C=C/C(=O)OC(C)(C)C)c21. The molecule has 4 aromatic rings. The van der Waals surface area contributed by atoms with Gasteiger partial charge in [-0.15, -0.1) is 0 Å². The number of carbonyl (C=O) groups excluding carboxylic acids is 2. The summed E-state index contributed by atoms with van der Waals surface area (Å²) in [5, 5.41) is 9.33. The number of hydrogen-bond donors (Lipinski definition) is 1. The number of benzene rings is 2. The molecule has 0 radical (unpaired) electrons. The van der Waals surface area contributed by atoms with Crippen LogP contribution >= 0.6 is 34.8 Å². The van der Waals surface area contributed by atoms with Gasteiger partial charge in [0.2, 0.25) is 5.78 Å². The molecule has 0 amide bonds. The smallest absolute Gasteiger partial charge is 0.331 e. The summed E-state index contributed by atoms with van der Waals surface area (Å²) in [4.78, 5) is 26.8. The lowest BCUT2D eigenvalue weighted by Crippen LogP contribution is -2.27. The lowest BCUT2D eigenvalue weighted by atomic mass is 9.88. The summed E-state index contributed by atoms with van der Waals surface area (Å²) in [5.74, 6) is -0.177. The zero-order valence-corrected chi connectivity index (χ0v) is 25.5. The van der Waals surface area contributed by atoms with Crippen molar-refractivity contribution in [1.82, 2.24) is 15.0 Å². The van der Waals surface area contributed by atoms with Crippen LogP contribution in [0.3, 0.4) is 0 Å². The number of carbonyl (C=O) groups is 2. The van der Waals surface area contributed by atoms with Crippen LogP contribution in [0.25, 0.3) is 28.2 Å². The number of fused-ring (bicyclic) bond motifs is 1. The number of aromatic nitrogens is 2. The first-order valence-electron chi connectivity index (χ1n) is 13.3. The molecule has 0 aliphatic carbocycles. The molecule has 1 saturated heterocycles. The second-order valence-electron chi connectivity index (χ2n) is 11.1. The fraction of sp³-hybridized carbons (Fsp3) is 0.323. The number of para-hydroxylation sites is 1. The molecule has 0 atom stereocenters. The Labute approximate surface area is 253 Å². The number of halogens is 3. The third-order valence-corrected chi connectivity index (χ3v) is 7.80. The van der Waals surface area contributed by atoms with E-state index in [1.54, 1.807) is 24.4 Å². The van der Waals surface area contributed by atoms with Crippen molar-refractivity contribution >= 4 is 63.5 Å². The van der Waals surface area contributed by atoms with Crippen molar-refractivity contribution in [2.75, 3.05) is 13.1 Å². The van der Waals surface area contributed by atoms with Crippen molar-refractivity contribution in [2.45, 2.75) is 45.1 Å². The minimum Gasteiger partial charge on any atom is -0.457 e. The van der Waals surface area contributed by atoms with E-state index in [-0.39, 0.29) is 27.4 Å². The Bertz CT molecular complexity index is 1650. The molecule has 0 bridgehead atoms. The zero-order valence-electron chi connectivity index (χ0n) is 23.2. The minimum absolute atomic E-state index is 0.00333. The summed E-state index contributed by atoms with van der Waals surface area (Å²) in [5.41, 5.74) is 2.44. The van der Waals surface area contributed by atoms with E-state index >= 15 is 0 Å². The van der Waals surface area contributed by atoms with Gasteiger partial charge in [-0.1, -0.05) is 58.2 Å². The molecule has 1 fully saturated rings. The zero-order chi connectivity index (χ0) is 29.5. The molecule has 3 heterocycles. The van der Waals surface area contributed by atoms with Gasteiger partial charge in [0.1, 0.15) is 11.3 Å². The van der Waals surface area contributed by atoms with Crippen LogP contribution in [0.15, 0.2) is 47.1 Å². The molecular formula is C31H30Cl3N3O4. The van der Waals surface area contributed by atoms with E-state index in [1.165, 1.54) is 6.08 Å². The van der Waals surface area contributed by atoms with Crippen LogP contribution in [-0.4, -0.2) is 40.2 Å². The van der Waals surface area contributed by atoms with E-state index in [0.717, 1.165) is 42.4 Å². The predicted molar refractivity (Wildman–Crippen MR) is 163 cm³/mol. The summed E-state index contributed by atoms with van der Waals surface area (Å²) < 4.78 is 13.2. The van der Waals surface area contributed by atoms with Crippen LogP contribution in [0.2, 0.25) is 15.1 Å². The minimum atomic E-state index is -0.601. The third kappa shape index (κ3) is 6.09. The standard InChI is InChI=1S/C31H30Cl3N3O4/c1-31(2,3)40-24(38)9-8-17-6-5-7-20-21(16-37(4)28(17)20)29(39)26-27(25-22(33)14-19(32)15-23(25)34)36-41-30(26)18-10-12-35-13-11-18/h5-9,14-16,18,35H,10-13H2,1-4H3/b9-8+. The van der Waals surface area contributed by atoms with Gasteiger partial charge in [-0.3, -0.25) is 4.79 Å². The molecule has 41 heavy (non-hydrogen) atoms. The van der Waals surface area contributed by atoms with Gasteiger partial charge in [-0.25, -0.2) is 4.79 Å². The maximum Gasteiger partial charge on any atom is 0.331 e. The van der Waals surface area contributed by atoms with Crippen molar-refractivity contribution in [1.29, 1.82) is 0 Å². The Hall–Kier alpha value is -3.10. The van der Waals surface area contributed by atoms with Gasteiger partial charge in [0.15, 0.2) is 5.76 Å². The number of esters is 1. The molecular weight excluding hydrogens is 585 g/mol. The first kappa shape index (κ1) is 29.4. The first-order valence-corrected chi connectivity index (χ1v) is 14.5. The van der Waals surface area contributed by atoms with Gasteiger partial charge >= 0.3 is 5.97 Å². The number of nitrogens with one attached hydrogen (secondary N) is 1. The summed E-state index contributed by atoms with van der Waals surface area (Å²) in [6.45, 7) is 7.05. The topological polar surface area (TPSA) is 86.4 Å². The van der Waals surface area contributed by atoms with Crippen LogP contribution in [0.4, 0.5) is 0 Å². The maximum atomic E-state index is 14.5. The second-order valence-corrected chi connectivity index (χ2v) is 12.4. The summed E-state index contributed by atoms with van der Waals surface area (Å²) in [7, 11) is 1.86. The molecule has 1 aliphatic heterocycles. The lowest BCUT2D eigenvalue weighted by molar-refractivity contribution is -0.148. The number of rotatable bonds is 6. The molecule has 2 aromatic carbocycles. The van der Waals surface area contributed by atoms with Gasteiger partial charge in [0, 0.05) is 46.8 Å². The van der Waals surface area contributed by atoms with E-state index in [2.05, 4.69) is 10.5 Å². The highest BCUT2D eigenvalue weighted by Crippen LogP contribution is 2.43. The number of piperidine rings is 1. The predicted octanol–water partition coefficient (Wildman–Crippen LogP) is 7.85. The Morgan fingerprint density at radius 1 is 1.12 bits per heavy atom. The average molecular weight is 615 g/mol. The summed E-state index contributed by atoms with van der Waals surface area (Å²) in [6, 6.07) is 8.75. The Morgan fingerprint density at radius 2 is 1.80 bits per heavy atom. The highest BCUT2D eigenvalue weighted by molar-refractivity contribution is 6.42. The van der Waals surface area contributed by atoms with E-state index < -0.39 is 11.6 Å². The molecule has 1 N–H and O–H groups in total. The average Bonchev–Trinajstić information content (AvgIpc) is 3.48. The molecule has 0 spiro atoms. The van der Waals surface area contributed by atoms with Gasteiger partial charge in [-0.2, -0.15) is 0 Å². The highest BCUT2D eigenvalue weighted by Gasteiger charge is 2.33. The number of ketones is 1. The molecule has 5 rings (SSSR count). The van der Waals surface area contributed by atoms with Crippen LogP contribution in [-0.2, 0) is 16.6 Å². The number of nitrogens with zero attached hydrogens (tertiary/aromatic N) is 2. The quantitative estimate of drug-likeness (QED) is 0.135. The first-order chi connectivity index (χ1) is 19.4. The number of hydrogen-bond acceptors (Lipinski definition) is 6. The summed E-state index contributed by atoms with van der Waals surface area (Å²) >= 11 is 19.3. The number of ether oxygens (including phenoxy) is 1. The van der Waals surface area contributed by atoms with Gasteiger partial charge in [-0.05, 0) is 70.5 Å². The third-order valence-electron chi connectivity index (χ3n) is 6.98. The normalized spacial score (nSPS) is 14.7. The van der Waals surface area contributed by atoms with Gasteiger partial charge in [0.05, 0.1) is 21.1 Å². The van der Waals surface area contributed by atoms with Crippen molar-refractivity contribution in [3.05, 3.63) is 80.1 Å². The van der Waals surface area contributed by atoms with Crippen molar-refractivity contribution in [3.63, 3.8) is 0 Å². The molecule has 214 valence electrons. The van der Waals surface area contributed by atoms with E-state index in [1.807, 2.05) is 50.6 Å². The van der Waals surface area contributed by atoms with Crippen molar-refractivity contribution < 1.29 is 18.8 Å². The maximum absolute atomic E-state index is 14.5. The van der Waals surface area contributed by atoms with E-state index in [9.17, 15) is 9.59 Å². The molecule has 0 unspecified atom stereocenters. The Kier molecular flexibility index (Phi) is 8.35. The van der Waals surface area contributed by atoms with E-state index in [0.29, 0.717) is 27.5 Å². The Morgan fingerprint density at radius 3 is 2.46 bits per heavy atom. The Balaban J connectivity index is 1.64. The van der Waals surface area contributed by atoms with Crippen LogP contribution in [0, 0.1) is 0 Å². The largest absolute Gasteiger partial charge is 0.457 e. The van der Waals surface area contributed by atoms with Crippen LogP contribution in [0.5, 0.6) is 0 Å². The van der Waals surface area contributed by atoms with Crippen LogP contribution in [0.1, 0.15) is 66.8 Å². The summed E-state index contributed by atoms with van der Waals surface area (Å²) in [6.07, 6.45) is 6.47. The van der Waals surface area contributed by atoms with Crippen molar-refractivity contribution in [3.8, 4) is 11.3 Å². The number of aryl methyl sites for hydroxylation is 1. The van der Waals surface area contributed by atoms with Gasteiger partial charge < -0.3 is 19.1 Å². The monoisotopic (exact) mass is 613 g/mol. The van der Waals surface area contributed by atoms with E-state index in [4.69, 9.17) is 44.1 Å². The molecule has 2 aromatic heterocycles.